The number of benzene rings is 1. The molecule has 0 radical (unpaired) electrons. The van der Waals surface area contributed by atoms with E-state index in [0.29, 0.717) is 22.6 Å². The Labute approximate surface area is 133 Å². The Hall–Kier alpha value is -2.21. The normalized spacial score (nSPS) is 11.5. The van der Waals surface area contributed by atoms with E-state index in [2.05, 4.69) is 4.74 Å². The fourth-order valence-electron chi connectivity index (χ4n) is 1.94. The molecule has 120 valence electrons. The molecule has 0 heterocycles. The van der Waals surface area contributed by atoms with Gasteiger partial charge in [0.2, 0.25) is 0 Å². The van der Waals surface area contributed by atoms with E-state index in [1.807, 2.05) is 0 Å². The fraction of sp³-hybridized carbons (Fsp3) is 0.333. The second-order valence-corrected chi connectivity index (χ2v) is 4.77. The highest BCUT2D eigenvalue weighted by molar-refractivity contribution is 6.32. The van der Waals surface area contributed by atoms with Crippen molar-refractivity contribution in [3.63, 3.8) is 0 Å². The molecule has 1 aromatic rings. The molecular formula is C15H17ClO6. The third-order valence-corrected chi connectivity index (χ3v) is 3.36. The number of ether oxygens (including phenoxy) is 3. The number of allylic oxidation sites excluding steroid dienone is 1. The zero-order valence-electron chi connectivity index (χ0n) is 12.7. The predicted octanol–water partition coefficient (Wildman–Crippen LogP) is 2.78. The minimum Gasteiger partial charge on any atom is -0.493 e. The van der Waals surface area contributed by atoms with Crippen LogP contribution in [0.2, 0.25) is 5.02 Å². The van der Waals surface area contributed by atoms with Gasteiger partial charge in [-0.15, -0.1) is 0 Å². The first-order chi connectivity index (χ1) is 10.3. The maximum Gasteiger partial charge on any atom is 0.334 e. The fourth-order valence-corrected chi connectivity index (χ4v) is 2.23. The van der Waals surface area contributed by atoms with E-state index < -0.39 is 18.4 Å². The maximum absolute atomic E-state index is 11.8. The van der Waals surface area contributed by atoms with Crippen LogP contribution in [-0.4, -0.2) is 38.4 Å². The highest BCUT2D eigenvalue weighted by Crippen LogP contribution is 2.38. The van der Waals surface area contributed by atoms with Crippen LogP contribution < -0.4 is 9.47 Å². The van der Waals surface area contributed by atoms with Gasteiger partial charge in [0.25, 0.3) is 0 Å². The van der Waals surface area contributed by atoms with E-state index in [1.54, 1.807) is 19.1 Å². The molecule has 0 saturated carbocycles. The molecular weight excluding hydrogens is 312 g/mol. The third-order valence-electron chi connectivity index (χ3n) is 3.08. The molecule has 22 heavy (non-hydrogen) atoms. The van der Waals surface area contributed by atoms with Gasteiger partial charge >= 0.3 is 11.9 Å². The summed E-state index contributed by atoms with van der Waals surface area (Å²) in [6, 6.07) is 3.19. The minimum absolute atomic E-state index is 0.0401. The number of halogens is 1. The van der Waals surface area contributed by atoms with Crippen molar-refractivity contribution in [1.82, 2.24) is 0 Å². The van der Waals surface area contributed by atoms with Crippen LogP contribution in [0.25, 0.3) is 5.57 Å². The van der Waals surface area contributed by atoms with E-state index in [4.69, 9.17) is 26.2 Å². The van der Waals surface area contributed by atoms with Gasteiger partial charge in [-0.3, -0.25) is 4.79 Å². The van der Waals surface area contributed by atoms with Crippen LogP contribution in [0.15, 0.2) is 17.7 Å². The van der Waals surface area contributed by atoms with Crippen LogP contribution in [-0.2, 0) is 14.3 Å². The van der Waals surface area contributed by atoms with E-state index in [0.717, 1.165) is 0 Å². The first-order valence-electron chi connectivity index (χ1n) is 6.27. The highest BCUT2D eigenvalue weighted by atomic mass is 35.5. The predicted molar refractivity (Wildman–Crippen MR) is 81.4 cm³/mol. The maximum atomic E-state index is 11.8. The standard InChI is InChI=1S/C15H17ClO6/c1-8(10(7-13(17)18)15(19)22-4)9-5-11(16)14(21-3)12(6-9)20-2/h5-6H,7H2,1-4H3,(H,17,18)/b10-8-. The number of carbonyl (C=O) groups is 2. The van der Waals surface area contributed by atoms with Crippen LogP contribution in [0.5, 0.6) is 11.5 Å². The Kier molecular flexibility index (Phi) is 6.24. The Balaban J connectivity index is 3.48. The lowest BCUT2D eigenvalue weighted by molar-refractivity contribution is -0.141. The Bertz CT molecular complexity index is 621. The minimum atomic E-state index is -1.13. The van der Waals surface area contributed by atoms with Crippen molar-refractivity contribution in [2.45, 2.75) is 13.3 Å². The molecule has 0 spiro atoms. The number of hydrogen-bond donors (Lipinski definition) is 1. The lowest BCUT2D eigenvalue weighted by atomic mass is 9.98. The average Bonchev–Trinajstić information content (AvgIpc) is 2.49. The molecule has 0 aliphatic heterocycles. The molecule has 1 aromatic carbocycles. The third kappa shape index (κ3) is 3.92. The molecule has 0 aliphatic carbocycles. The summed E-state index contributed by atoms with van der Waals surface area (Å²) in [5.41, 5.74) is 1.03. The zero-order chi connectivity index (χ0) is 16.9. The van der Waals surface area contributed by atoms with Crippen molar-refractivity contribution in [2.75, 3.05) is 21.3 Å². The number of hydrogen-bond acceptors (Lipinski definition) is 5. The molecule has 0 aliphatic rings. The molecule has 0 unspecified atom stereocenters. The quantitative estimate of drug-likeness (QED) is 0.638. The topological polar surface area (TPSA) is 82.1 Å². The van der Waals surface area contributed by atoms with Crippen LogP contribution in [0, 0.1) is 0 Å². The van der Waals surface area contributed by atoms with E-state index in [-0.39, 0.29) is 10.6 Å². The summed E-state index contributed by atoms with van der Waals surface area (Å²) in [5.74, 6) is -1.10. The summed E-state index contributed by atoms with van der Waals surface area (Å²) in [5, 5.41) is 9.24. The summed E-state index contributed by atoms with van der Waals surface area (Å²) in [6.45, 7) is 1.62. The zero-order valence-corrected chi connectivity index (χ0v) is 13.5. The van der Waals surface area contributed by atoms with Crippen LogP contribution in [0.4, 0.5) is 0 Å². The molecule has 7 heteroatoms. The van der Waals surface area contributed by atoms with Crippen LogP contribution in [0.3, 0.4) is 0 Å². The molecule has 0 fully saturated rings. The number of rotatable bonds is 6. The van der Waals surface area contributed by atoms with Gasteiger partial charge in [0.1, 0.15) is 0 Å². The summed E-state index contributed by atoms with van der Waals surface area (Å²) >= 11 is 6.12. The number of carboxylic acids is 1. The summed E-state index contributed by atoms with van der Waals surface area (Å²) < 4.78 is 15.0. The summed E-state index contributed by atoms with van der Waals surface area (Å²) in [4.78, 5) is 22.7. The van der Waals surface area contributed by atoms with E-state index in [1.165, 1.54) is 21.3 Å². The molecule has 1 rings (SSSR count). The number of carboxylic acid groups (broad SMARTS) is 1. The van der Waals surface area contributed by atoms with Gasteiger partial charge in [-0.25, -0.2) is 4.79 Å². The van der Waals surface area contributed by atoms with Crippen molar-refractivity contribution in [1.29, 1.82) is 0 Å². The van der Waals surface area contributed by atoms with Gasteiger partial charge < -0.3 is 19.3 Å². The van der Waals surface area contributed by atoms with Gasteiger partial charge in [0, 0.05) is 0 Å². The second kappa shape index (κ2) is 7.70. The van der Waals surface area contributed by atoms with Gasteiger partial charge in [-0.2, -0.15) is 0 Å². The van der Waals surface area contributed by atoms with Gasteiger partial charge in [-0.1, -0.05) is 11.6 Å². The first-order valence-corrected chi connectivity index (χ1v) is 6.65. The van der Waals surface area contributed by atoms with Crippen LogP contribution >= 0.6 is 11.6 Å². The largest absolute Gasteiger partial charge is 0.493 e. The molecule has 0 saturated heterocycles. The van der Waals surface area contributed by atoms with Crippen molar-refractivity contribution in [2.24, 2.45) is 0 Å². The lowest BCUT2D eigenvalue weighted by Crippen LogP contribution is -2.11. The number of carbonyl (C=O) groups excluding carboxylic acids is 1. The SMILES string of the molecule is COC(=O)/C(CC(=O)O)=C(/C)c1cc(Cl)c(OC)c(OC)c1. The molecule has 6 nitrogen and oxygen atoms in total. The Morgan fingerprint density at radius 3 is 2.27 bits per heavy atom. The molecule has 0 bridgehead atoms. The summed E-state index contributed by atoms with van der Waals surface area (Å²) in [6.07, 6.45) is -0.454. The summed E-state index contributed by atoms with van der Waals surface area (Å²) in [7, 11) is 4.10. The average molecular weight is 329 g/mol. The van der Waals surface area contributed by atoms with Gasteiger partial charge in [-0.05, 0) is 30.2 Å². The van der Waals surface area contributed by atoms with Crippen molar-refractivity contribution in [3.05, 3.63) is 28.3 Å². The molecule has 0 amide bonds. The van der Waals surface area contributed by atoms with Crippen LogP contribution in [0.1, 0.15) is 18.9 Å². The van der Waals surface area contributed by atoms with E-state index >= 15 is 0 Å². The number of aliphatic carboxylic acids is 1. The van der Waals surface area contributed by atoms with Crippen molar-refractivity contribution >= 4 is 29.1 Å². The Morgan fingerprint density at radius 2 is 1.82 bits per heavy atom. The smallest absolute Gasteiger partial charge is 0.334 e. The first kappa shape index (κ1) is 17.8. The molecule has 0 aromatic heterocycles. The van der Waals surface area contributed by atoms with E-state index in [9.17, 15) is 9.59 Å². The van der Waals surface area contributed by atoms with Gasteiger partial charge in [0.15, 0.2) is 11.5 Å². The number of esters is 1. The molecule has 0 atom stereocenters. The monoisotopic (exact) mass is 328 g/mol. The number of methoxy groups -OCH3 is 3. The van der Waals surface area contributed by atoms with Crippen molar-refractivity contribution in [3.8, 4) is 11.5 Å². The highest BCUT2D eigenvalue weighted by Gasteiger charge is 2.20. The van der Waals surface area contributed by atoms with Gasteiger partial charge in [0.05, 0.1) is 38.3 Å². The second-order valence-electron chi connectivity index (χ2n) is 4.36. The van der Waals surface area contributed by atoms with Crippen molar-refractivity contribution < 1.29 is 28.9 Å². The lowest BCUT2D eigenvalue weighted by Gasteiger charge is -2.14. The molecule has 1 N–H and O–H groups in total. The Morgan fingerprint density at radius 1 is 1.18 bits per heavy atom.